The van der Waals surface area contributed by atoms with Gasteiger partial charge in [0.2, 0.25) is 5.91 Å². The number of amides is 2. The van der Waals surface area contributed by atoms with E-state index in [-0.39, 0.29) is 18.7 Å². The topological polar surface area (TPSA) is 58.2 Å². The molecule has 0 aromatic heterocycles. The fourth-order valence-corrected chi connectivity index (χ4v) is 1.94. The van der Waals surface area contributed by atoms with Crippen LogP contribution in [0, 0.1) is 5.82 Å². The van der Waals surface area contributed by atoms with Gasteiger partial charge in [0.1, 0.15) is 5.82 Å². The Labute approximate surface area is 140 Å². The SMILES string of the molecule is O=C(CNC(=O)c1ccc(F)cc1)NCc1ccc(C(F)(F)F)cc1. The Hall–Kier alpha value is -2.90. The lowest BCUT2D eigenvalue weighted by molar-refractivity contribution is -0.137. The maximum Gasteiger partial charge on any atom is 0.416 e. The number of carbonyl (C=O) groups is 2. The van der Waals surface area contributed by atoms with Crippen molar-refractivity contribution >= 4 is 11.8 Å². The van der Waals surface area contributed by atoms with Crippen LogP contribution in [0.15, 0.2) is 48.5 Å². The molecule has 0 atom stereocenters. The van der Waals surface area contributed by atoms with Crippen molar-refractivity contribution in [3.8, 4) is 0 Å². The summed E-state index contributed by atoms with van der Waals surface area (Å²) in [6.07, 6.45) is -4.41. The predicted octanol–water partition coefficient (Wildman–Crippen LogP) is 2.89. The molecule has 8 heteroatoms. The molecule has 2 amide bonds. The molecule has 0 bridgehead atoms. The van der Waals surface area contributed by atoms with Crippen LogP contribution in [0.1, 0.15) is 21.5 Å². The molecule has 0 saturated heterocycles. The molecule has 0 heterocycles. The van der Waals surface area contributed by atoms with E-state index in [1.165, 1.54) is 24.3 Å². The molecule has 132 valence electrons. The number of hydrogen-bond donors (Lipinski definition) is 2. The summed E-state index contributed by atoms with van der Waals surface area (Å²) in [4.78, 5) is 23.4. The highest BCUT2D eigenvalue weighted by Crippen LogP contribution is 2.28. The third-order valence-corrected chi connectivity index (χ3v) is 3.29. The van der Waals surface area contributed by atoms with E-state index in [4.69, 9.17) is 0 Å². The van der Waals surface area contributed by atoms with Gasteiger partial charge in [0.25, 0.3) is 5.91 Å². The average molecular weight is 354 g/mol. The summed E-state index contributed by atoms with van der Waals surface area (Å²) in [7, 11) is 0. The van der Waals surface area contributed by atoms with E-state index >= 15 is 0 Å². The number of halogens is 4. The fraction of sp³-hybridized carbons (Fsp3) is 0.176. The maximum atomic E-state index is 12.8. The van der Waals surface area contributed by atoms with Crippen LogP contribution in [0.3, 0.4) is 0 Å². The van der Waals surface area contributed by atoms with Crippen molar-refractivity contribution in [3.63, 3.8) is 0 Å². The summed E-state index contributed by atoms with van der Waals surface area (Å²) in [6.45, 7) is -0.278. The van der Waals surface area contributed by atoms with Crippen molar-refractivity contribution in [1.82, 2.24) is 10.6 Å². The van der Waals surface area contributed by atoms with Crippen molar-refractivity contribution in [2.24, 2.45) is 0 Å². The first-order chi connectivity index (χ1) is 11.8. The van der Waals surface area contributed by atoms with Crippen LogP contribution in [-0.4, -0.2) is 18.4 Å². The van der Waals surface area contributed by atoms with Gasteiger partial charge in [0.05, 0.1) is 12.1 Å². The van der Waals surface area contributed by atoms with Gasteiger partial charge in [0.15, 0.2) is 0 Å². The van der Waals surface area contributed by atoms with Gasteiger partial charge in [-0.15, -0.1) is 0 Å². The van der Waals surface area contributed by atoms with Crippen LogP contribution < -0.4 is 10.6 Å². The summed E-state index contributed by atoms with van der Waals surface area (Å²) < 4.78 is 50.1. The normalized spacial score (nSPS) is 11.0. The van der Waals surface area contributed by atoms with E-state index in [2.05, 4.69) is 10.6 Å². The molecule has 0 fully saturated rings. The van der Waals surface area contributed by atoms with Crippen LogP contribution in [0.4, 0.5) is 17.6 Å². The predicted molar refractivity (Wildman–Crippen MR) is 82.0 cm³/mol. The lowest BCUT2D eigenvalue weighted by Crippen LogP contribution is -2.36. The summed E-state index contributed by atoms with van der Waals surface area (Å²) in [5.41, 5.74) is -0.0720. The molecule has 0 aliphatic rings. The summed E-state index contributed by atoms with van der Waals surface area (Å²) >= 11 is 0. The Balaban J connectivity index is 1.79. The molecular formula is C17H14F4N2O2. The number of benzene rings is 2. The third-order valence-electron chi connectivity index (χ3n) is 3.29. The average Bonchev–Trinajstić information content (AvgIpc) is 2.58. The smallest absolute Gasteiger partial charge is 0.350 e. The van der Waals surface area contributed by atoms with Crippen molar-refractivity contribution in [1.29, 1.82) is 0 Å². The number of alkyl halides is 3. The second kappa shape index (κ2) is 7.78. The van der Waals surface area contributed by atoms with E-state index in [0.29, 0.717) is 5.56 Å². The monoisotopic (exact) mass is 354 g/mol. The van der Waals surface area contributed by atoms with E-state index < -0.39 is 29.4 Å². The van der Waals surface area contributed by atoms with Crippen LogP contribution >= 0.6 is 0 Å². The van der Waals surface area contributed by atoms with Crippen molar-refractivity contribution in [3.05, 3.63) is 71.0 Å². The van der Waals surface area contributed by atoms with Crippen LogP contribution in [0.2, 0.25) is 0 Å². The van der Waals surface area contributed by atoms with E-state index in [1.807, 2.05) is 0 Å². The van der Waals surface area contributed by atoms with Gasteiger partial charge in [-0.3, -0.25) is 9.59 Å². The lowest BCUT2D eigenvalue weighted by atomic mass is 10.1. The molecule has 0 radical (unpaired) electrons. The minimum atomic E-state index is -4.41. The molecule has 2 aromatic rings. The Morgan fingerprint density at radius 2 is 1.48 bits per heavy atom. The molecule has 0 saturated carbocycles. The highest BCUT2D eigenvalue weighted by molar-refractivity contribution is 5.96. The lowest BCUT2D eigenvalue weighted by Gasteiger charge is -2.09. The highest BCUT2D eigenvalue weighted by atomic mass is 19.4. The first kappa shape index (κ1) is 18.4. The summed E-state index contributed by atoms with van der Waals surface area (Å²) in [6, 6.07) is 9.20. The zero-order valence-electron chi connectivity index (χ0n) is 12.9. The zero-order valence-corrected chi connectivity index (χ0v) is 12.9. The van der Waals surface area contributed by atoms with Crippen LogP contribution in [-0.2, 0) is 17.5 Å². The molecule has 2 rings (SSSR count). The van der Waals surface area contributed by atoms with Crippen LogP contribution in [0.25, 0.3) is 0 Å². The van der Waals surface area contributed by atoms with Crippen molar-refractivity contribution in [2.45, 2.75) is 12.7 Å². The summed E-state index contributed by atoms with van der Waals surface area (Å²) in [5, 5.41) is 4.84. The van der Waals surface area contributed by atoms with Gasteiger partial charge in [-0.05, 0) is 42.0 Å². The molecule has 0 spiro atoms. The minimum Gasteiger partial charge on any atom is -0.350 e. The van der Waals surface area contributed by atoms with Gasteiger partial charge < -0.3 is 10.6 Å². The quantitative estimate of drug-likeness (QED) is 0.812. The molecule has 25 heavy (non-hydrogen) atoms. The Bertz CT molecular complexity index is 741. The second-order valence-corrected chi connectivity index (χ2v) is 5.16. The van der Waals surface area contributed by atoms with E-state index in [9.17, 15) is 27.2 Å². The fourth-order valence-electron chi connectivity index (χ4n) is 1.94. The number of rotatable bonds is 5. The van der Waals surface area contributed by atoms with Gasteiger partial charge in [-0.25, -0.2) is 4.39 Å². The number of hydrogen-bond acceptors (Lipinski definition) is 2. The minimum absolute atomic E-state index is 0.0311. The maximum absolute atomic E-state index is 12.8. The van der Waals surface area contributed by atoms with Gasteiger partial charge in [0, 0.05) is 12.1 Å². The molecule has 0 aliphatic carbocycles. The van der Waals surface area contributed by atoms with E-state index in [1.54, 1.807) is 0 Å². The first-order valence-electron chi connectivity index (χ1n) is 7.22. The Kier molecular flexibility index (Phi) is 5.74. The van der Waals surface area contributed by atoms with Gasteiger partial charge in [-0.2, -0.15) is 13.2 Å². The number of carbonyl (C=O) groups excluding carboxylic acids is 2. The third kappa shape index (κ3) is 5.59. The number of nitrogens with one attached hydrogen (secondary N) is 2. The highest BCUT2D eigenvalue weighted by Gasteiger charge is 2.29. The molecule has 2 N–H and O–H groups in total. The summed E-state index contributed by atoms with van der Waals surface area (Å²) in [5.74, 6) is -1.52. The molecule has 0 aliphatic heterocycles. The zero-order chi connectivity index (χ0) is 18.4. The van der Waals surface area contributed by atoms with Gasteiger partial charge >= 0.3 is 6.18 Å². The second-order valence-electron chi connectivity index (χ2n) is 5.16. The van der Waals surface area contributed by atoms with Crippen molar-refractivity contribution in [2.75, 3.05) is 6.54 Å². The Morgan fingerprint density at radius 1 is 0.880 bits per heavy atom. The first-order valence-corrected chi connectivity index (χ1v) is 7.22. The molecular weight excluding hydrogens is 340 g/mol. The molecule has 4 nitrogen and oxygen atoms in total. The largest absolute Gasteiger partial charge is 0.416 e. The molecule has 2 aromatic carbocycles. The van der Waals surface area contributed by atoms with Crippen molar-refractivity contribution < 1.29 is 27.2 Å². The standard InChI is InChI=1S/C17H14F4N2O2/c18-14-7-3-12(4-8-14)16(25)23-10-15(24)22-9-11-1-5-13(6-2-11)17(19,20)21/h1-8H,9-10H2,(H,22,24)(H,23,25). The van der Waals surface area contributed by atoms with Gasteiger partial charge in [-0.1, -0.05) is 12.1 Å². The van der Waals surface area contributed by atoms with Crippen LogP contribution in [0.5, 0.6) is 0 Å². The molecule has 0 unspecified atom stereocenters. The Morgan fingerprint density at radius 3 is 2.04 bits per heavy atom. The van der Waals surface area contributed by atoms with E-state index in [0.717, 1.165) is 24.3 Å².